The molecule has 196 valence electrons. The summed E-state index contributed by atoms with van der Waals surface area (Å²) < 4.78 is 0. The normalized spacial score (nSPS) is 52.9. The molecule has 11 atom stereocenters. The number of carboxylic acid groups (broad SMARTS) is 1. The number of aliphatic carboxylic acids is 1. The number of hydrogen-bond donors (Lipinski definition) is 3. The second kappa shape index (κ2) is 7.66. The van der Waals surface area contributed by atoms with Gasteiger partial charge in [-0.2, -0.15) is 0 Å². The van der Waals surface area contributed by atoms with Crippen LogP contribution in [0.25, 0.3) is 0 Å². The zero-order chi connectivity index (χ0) is 25.8. The smallest absolute Gasteiger partial charge is 0.312 e. The molecule has 35 heavy (non-hydrogen) atoms. The number of aliphatic hydroxyl groups is 2. The minimum Gasteiger partial charge on any atom is -0.481 e. The molecular formula is C30H46O5. The van der Waals surface area contributed by atoms with Crippen molar-refractivity contribution in [1.82, 2.24) is 0 Å². The predicted molar refractivity (Wildman–Crippen MR) is 134 cm³/mol. The lowest BCUT2D eigenvalue weighted by Crippen LogP contribution is -2.63. The number of carbonyl (C=O) groups is 2. The summed E-state index contributed by atoms with van der Waals surface area (Å²) in [5.74, 6) is 0.472. The molecule has 0 aliphatic heterocycles. The van der Waals surface area contributed by atoms with Crippen molar-refractivity contribution in [2.75, 3.05) is 0 Å². The molecule has 0 radical (unpaired) electrons. The first-order valence-corrected chi connectivity index (χ1v) is 14.0. The second-order valence-corrected chi connectivity index (χ2v) is 14.3. The van der Waals surface area contributed by atoms with Gasteiger partial charge in [-0.25, -0.2) is 0 Å². The molecule has 5 saturated carbocycles. The minimum absolute atomic E-state index is 0.00352. The summed E-state index contributed by atoms with van der Waals surface area (Å²) in [5, 5.41) is 32.5. The van der Waals surface area contributed by atoms with Gasteiger partial charge in [-0.1, -0.05) is 26.3 Å². The van der Waals surface area contributed by atoms with Gasteiger partial charge in [-0.3, -0.25) is 9.59 Å². The van der Waals surface area contributed by atoms with E-state index in [9.17, 15) is 24.9 Å². The average molecular weight is 487 g/mol. The second-order valence-electron chi connectivity index (χ2n) is 14.3. The largest absolute Gasteiger partial charge is 0.481 e. The number of carbonyl (C=O) groups excluding carboxylic acids is 1. The van der Waals surface area contributed by atoms with Gasteiger partial charge in [0.05, 0.1) is 17.6 Å². The lowest BCUT2D eigenvalue weighted by atomic mass is 9.41. The van der Waals surface area contributed by atoms with E-state index in [2.05, 4.69) is 20.8 Å². The van der Waals surface area contributed by atoms with Gasteiger partial charge in [-0.15, -0.1) is 0 Å². The van der Waals surface area contributed by atoms with Crippen molar-refractivity contribution in [1.29, 1.82) is 0 Å². The molecule has 0 bridgehead atoms. The number of rotatable bonds is 5. The van der Waals surface area contributed by atoms with Gasteiger partial charge in [0.1, 0.15) is 0 Å². The topological polar surface area (TPSA) is 94.8 Å². The van der Waals surface area contributed by atoms with E-state index in [0.717, 1.165) is 50.5 Å². The predicted octanol–water partition coefficient (Wildman–Crippen LogP) is 5.38. The molecule has 5 rings (SSSR count). The van der Waals surface area contributed by atoms with Crippen molar-refractivity contribution < 1.29 is 24.9 Å². The highest BCUT2D eigenvalue weighted by Crippen LogP contribution is 2.89. The van der Waals surface area contributed by atoms with Gasteiger partial charge >= 0.3 is 5.97 Å². The van der Waals surface area contributed by atoms with Crippen molar-refractivity contribution in [2.45, 2.75) is 112 Å². The van der Waals surface area contributed by atoms with Crippen LogP contribution >= 0.6 is 0 Å². The van der Waals surface area contributed by atoms with Crippen molar-refractivity contribution in [2.24, 2.45) is 50.7 Å². The first-order valence-electron chi connectivity index (χ1n) is 14.0. The molecule has 5 fully saturated rings. The third-order valence-electron chi connectivity index (χ3n) is 13.0. The van der Waals surface area contributed by atoms with Crippen molar-refractivity contribution in [3.8, 4) is 0 Å². The van der Waals surface area contributed by atoms with Gasteiger partial charge in [0.25, 0.3) is 0 Å². The van der Waals surface area contributed by atoms with E-state index in [1.807, 2.05) is 13.8 Å². The fourth-order valence-corrected chi connectivity index (χ4v) is 11.2. The number of aliphatic hydroxyl groups excluding tert-OH is 2. The van der Waals surface area contributed by atoms with Gasteiger partial charge < -0.3 is 15.3 Å². The van der Waals surface area contributed by atoms with Crippen LogP contribution in [0.15, 0.2) is 11.6 Å². The Morgan fingerprint density at radius 3 is 2.23 bits per heavy atom. The molecule has 5 aliphatic carbocycles. The Morgan fingerprint density at radius 2 is 1.60 bits per heavy atom. The summed E-state index contributed by atoms with van der Waals surface area (Å²) in [7, 11) is 0. The van der Waals surface area contributed by atoms with Crippen LogP contribution in [-0.4, -0.2) is 39.3 Å². The third kappa shape index (κ3) is 2.94. The van der Waals surface area contributed by atoms with Crippen LogP contribution in [0, 0.1) is 50.7 Å². The Balaban J connectivity index is 1.46. The zero-order valence-electron chi connectivity index (χ0n) is 22.6. The van der Waals surface area contributed by atoms with Gasteiger partial charge in [0.15, 0.2) is 5.78 Å². The highest BCUT2D eigenvalue weighted by Gasteiger charge is 2.85. The summed E-state index contributed by atoms with van der Waals surface area (Å²) in [5.41, 5.74) is -0.211. The molecule has 0 aromatic carbocycles. The van der Waals surface area contributed by atoms with Gasteiger partial charge in [-0.05, 0) is 112 Å². The first kappa shape index (κ1) is 25.4. The van der Waals surface area contributed by atoms with Crippen molar-refractivity contribution >= 4 is 11.8 Å². The fourth-order valence-electron chi connectivity index (χ4n) is 11.2. The number of ketones is 1. The number of fused-ring (bicyclic) bond motifs is 2. The molecule has 0 unspecified atom stereocenters. The van der Waals surface area contributed by atoms with Crippen molar-refractivity contribution in [3.05, 3.63) is 11.6 Å². The molecule has 0 saturated heterocycles. The van der Waals surface area contributed by atoms with Crippen LogP contribution in [0.4, 0.5) is 0 Å². The molecule has 0 aromatic heterocycles. The van der Waals surface area contributed by atoms with E-state index >= 15 is 0 Å². The Labute approximate surface area is 210 Å². The lowest BCUT2D eigenvalue weighted by Gasteiger charge is -2.63. The third-order valence-corrected chi connectivity index (χ3v) is 13.0. The SMILES string of the molecule is CC(C)=CC(=O)C[C@@H](C)[C@H]1CC[C@@]2(C)[C@@H]3CC[C@H]4[C@](C)(C(=O)O)[C@@H](O)C[C@H](O)[C@@]45C[C@@]35CC[C@]12C. The van der Waals surface area contributed by atoms with Gasteiger partial charge in [0, 0.05) is 18.3 Å². The quantitative estimate of drug-likeness (QED) is 0.453. The Kier molecular flexibility index (Phi) is 5.57. The van der Waals surface area contributed by atoms with E-state index in [1.54, 1.807) is 13.0 Å². The minimum atomic E-state index is -1.19. The van der Waals surface area contributed by atoms with E-state index in [0.29, 0.717) is 24.2 Å². The van der Waals surface area contributed by atoms with Crippen LogP contribution in [0.2, 0.25) is 0 Å². The fraction of sp³-hybridized carbons (Fsp3) is 0.867. The standard InChI is InChI=1S/C30H46O5/c1-17(2)13-19(31)14-18(3)20-9-10-27(5)21-7-8-22-28(6,25(34)35)23(32)15-24(33)30(22)16-29(21,30)12-11-26(20,27)4/h13,18,20-24,32-33H,7-12,14-16H2,1-6H3,(H,34,35)/t18-,20-,21+,22+,23+,24+,26-,27+,28+,29+,30-/m1/s1. The Morgan fingerprint density at radius 1 is 0.943 bits per heavy atom. The number of allylic oxidation sites excluding steroid dienone is 2. The first-order chi connectivity index (χ1) is 16.2. The van der Waals surface area contributed by atoms with E-state index < -0.39 is 23.6 Å². The molecule has 5 heteroatoms. The van der Waals surface area contributed by atoms with E-state index in [1.165, 1.54) is 0 Å². The highest BCUT2D eigenvalue weighted by atomic mass is 16.4. The molecule has 0 amide bonds. The average Bonchev–Trinajstić information content (AvgIpc) is 3.36. The molecule has 5 nitrogen and oxygen atoms in total. The van der Waals surface area contributed by atoms with Crippen LogP contribution in [0.3, 0.4) is 0 Å². The summed E-state index contributed by atoms with van der Waals surface area (Å²) in [6.45, 7) is 12.9. The summed E-state index contributed by atoms with van der Waals surface area (Å²) in [6, 6.07) is 0. The molecule has 0 aromatic rings. The van der Waals surface area contributed by atoms with Crippen LogP contribution in [-0.2, 0) is 9.59 Å². The Bertz CT molecular complexity index is 968. The zero-order valence-corrected chi connectivity index (χ0v) is 22.6. The summed E-state index contributed by atoms with van der Waals surface area (Å²) in [6.07, 6.45) is 8.03. The maximum absolute atomic E-state index is 12.6. The summed E-state index contributed by atoms with van der Waals surface area (Å²) >= 11 is 0. The van der Waals surface area contributed by atoms with E-state index in [-0.39, 0.29) is 39.8 Å². The number of carboxylic acids is 1. The molecule has 3 N–H and O–H groups in total. The van der Waals surface area contributed by atoms with E-state index in [4.69, 9.17) is 0 Å². The van der Waals surface area contributed by atoms with Crippen LogP contribution < -0.4 is 0 Å². The lowest BCUT2D eigenvalue weighted by molar-refractivity contribution is -0.210. The molecule has 0 heterocycles. The summed E-state index contributed by atoms with van der Waals surface area (Å²) in [4.78, 5) is 25.1. The molecule has 5 aliphatic rings. The van der Waals surface area contributed by atoms with Gasteiger partial charge in [0.2, 0.25) is 0 Å². The number of hydrogen-bond acceptors (Lipinski definition) is 4. The highest BCUT2D eigenvalue weighted by molar-refractivity contribution is 5.90. The Hall–Kier alpha value is -1.20. The monoisotopic (exact) mass is 486 g/mol. The van der Waals surface area contributed by atoms with Crippen LogP contribution in [0.1, 0.15) is 99.3 Å². The van der Waals surface area contributed by atoms with Crippen LogP contribution in [0.5, 0.6) is 0 Å². The maximum atomic E-state index is 12.6. The molecule has 2 spiro atoms. The molecular weight excluding hydrogens is 440 g/mol. The maximum Gasteiger partial charge on any atom is 0.312 e. The van der Waals surface area contributed by atoms with Crippen molar-refractivity contribution in [3.63, 3.8) is 0 Å².